The van der Waals surface area contributed by atoms with Gasteiger partial charge in [-0.15, -0.1) is 0 Å². The van der Waals surface area contributed by atoms with Gasteiger partial charge in [0.15, 0.2) is 0 Å². The Hall–Kier alpha value is -1.99. The number of rotatable bonds is 12. The minimum atomic E-state index is -1.09. The highest BCUT2D eigenvalue weighted by Crippen LogP contribution is 2.38. The normalized spacial score (nSPS) is 13.6. The number of ether oxygens (including phenoxy) is 2. The van der Waals surface area contributed by atoms with Crippen molar-refractivity contribution in [2.45, 2.75) is 96.6 Å². The number of halogens is 10. The van der Waals surface area contributed by atoms with Crippen LogP contribution < -0.4 is 5.32 Å². The summed E-state index contributed by atoms with van der Waals surface area (Å²) in [5.74, 6) is 0. The Labute approximate surface area is 442 Å². The van der Waals surface area contributed by atoms with E-state index < -0.39 is 16.1 Å². The van der Waals surface area contributed by atoms with E-state index in [2.05, 4.69) is 69.5 Å². The molecule has 0 aliphatic heterocycles. The van der Waals surface area contributed by atoms with E-state index in [1.807, 2.05) is 33.5 Å². The lowest BCUT2D eigenvalue weighted by Gasteiger charge is -2.28. The van der Waals surface area contributed by atoms with Gasteiger partial charge in [0.1, 0.15) is 51.0 Å². The fourth-order valence-electron chi connectivity index (χ4n) is 6.72. The maximum Gasteiger partial charge on any atom is 0.147 e. The molecule has 360 valence electrons. The Morgan fingerprint density at radius 1 is 0.642 bits per heavy atom. The number of hydrogen-bond acceptors (Lipinski definition) is 7. The smallest absolute Gasteiger partial charge is 0.147 e. The molecule has 10 nitrogen and oxygen atoms in total. The first-order valence-electron chi connectivity index (χ1n) is 21.3. The van der Waals surface area contributed by atoms with Gasteiger partial charge < -0.3 is 28.9 Å². The number of pyridine rings is 4. The van der Waals surface area contributed by atoms with Crippen molar-refractivity contribution in [3.63, 3.8) is 0 Å². The van der Waals surface area contributed by atoms with Gasteiger partial charge in [-0.2, -0.15) is 0 Å². The fourth-order valence-corrected chi connectivity index (χ4v) is 11.0. The molecular formula is C45H50Cl10N8O2Si2. The zero-order valence-electron chi connectivity index (χ0n) is 37.6. The van der Waals surface area contributed by atoms with Crippen LogP contribution in [0.2, 0.25) is 97.1 Å². The van der Waals surface area contributed by atoms with Gasteiger partial charge in [0.25, 0.3) is 0 Å². The van der Waals surface area contributed by atoms with Gasteiger partial charge in [0.05, 0.1) is 41.6 Å². The van der Waals surface area contributed by atoms with Crippen molar-refractivity contribution in [3.8, 4) is 0 Å². The van der Waals surface area contributed by atoms with E-state index >= 15 is 0 Å². The lowest BCUT2D eigenvalue weighted by atomic mass is 9.93. The first-order chi connectivity index (χ1) is 31.6. The highest BCUT2D eigenvalue weighted by molar-refractivity contribution is 6.76. The molecule has 2 aliphatic rings. The summed E-state index contributed by atoms with van der Waals surface area (Å²) in [6.07, 6.45) is 11.7. The summed E-state index contributed by atoms with van der Waals surface area (Å²) in [6.45, 7) is 16.3. The number of anilines is 1. The number of fused-ring (bicyclic) bond motifs is 4. The molecule has 7 aromatic rings. The highest BCUT2D eigenvalue weighted by Gasteiger charge is 2.22. The highest BCUT2D eigenvalue weighted by atomic mass is 35.5. The van der Waals surface area contributed by atoms with Gasteiger partial charge in [-0.05, 0) is 61.7 Å². The van der Waals surface area contributed by atoms with Gasteiger partial charge in [-0.1, -0.05) is 161 Å². The second kappa shape index (κ2) is 24.0. The molecule has 22 heteroatoms. The summed E-state index contributed by atoms with van der Waals surface area (Å²) >= 11 is 60.0. The van der Waals surface area contributed by atoms with Crippen LogP contribution >= 0.6 is 116 Å². The molecule has 0 saturated heterocycles. The monoisotopic (exact) mass is 1140 g/mol. The van der Waals surface area contributed by atoms with E-state index in [1.165, 1.54) is 19.3 Å². The number of aromatic nitrogens is 7. The van der Waals surface area contributed by atoms with Gasteiger partial charge in [0, 0.05) is 82.1 Å². The summed E-state index contributed by atoms with van der Waals surface area (Å²) in [5, 5.41) is 11.4. The molecule has 1 saturated carbocycles. The fraction of sp³-hybridized carbons (Fsp3) is 0.378. The van der Waals surface area contributed by atoms with Crippen LogP contribution in [0.25, 0.3) is 38.1 Å². The molecule has 0 aromatic carbocycles. The van der Waals surface area contributed by atoms with Crippen LogP contribution in [-0.2, 0) is 29.4 Å². The molecule has 2 aliphatic carbocycles. The second-order valence-corrected chi connectivity index (χ2v) is 33.6. The molecule has 7 aromatic heterocycles. The van der Waals surface area contributed by atoms with E-state index in [1.54, 1.807) is 30.6 Å². The number of allylic oxidation sites excluding steroid dienone is 1. The average Bonchev–Trinajstić information content (AvgIpc) is 3.98. The third-order valence-corrected chi connectivity index (χ3v) is 16.6. The molecule has 7 heterocycles. The van der Waals surface area contributed by atoms with Crippen LogP contribution in [0.3, 0.4) is 0 Å². The minimum Gasteiger partial charge on any atom is -0.382 e. The molecule has 0 unspecified atom stereocenters. The molecule has 0 radical (unpaired) electrons. The molecule has 0 amide bonds. The molecule has 0 atom stereocenters. The number of aromatic amines is 1. The molecule has 0 bridgehead atoms. The number of nitrogens with zero attached hydrogens (tertiary/aromatic N) is 6. The van der Waals surface area contributed by atoms with Crippen molar-refractivity contribution >= 4 is 176 Å². The Morgan fingerprint density at radius 3 is 1.75 bits per heavy atom. The molecular weight excluding hydrogens is 1100 g/mol. The second-order valence-electron chi connectivity index (χ2n) is 18.3. The quantitative estimate of drug-likeness (QED) is 0.0713. The van der Waals surface area contributed by atoms with Crippen LogP contribution in [0.1, 0.15) is 30.5 Å². The van der Waals surface area contributed by atoms with Crippen molar-refractivity contribution in [2.75, 3.05) is 18.5 Å². The lowest BCUT2D eigenvalue weighted by Crippen LogP contribution is -2.27. The predicted molar refractivity (Wildman–Crippen MR) is 292 cm³/mol. The van der Waals surface area contributed by atoms with Crippen LogP contribution in [0, 0.1) is 0 Å². The SMILES string of the molecule is C[Si](C)(C)CCOCn1cc(Cl)c2c(Cl)cc(Cl)nc21.C[Si](C)(C)CCOCn1cc(Cl)c2c(NC3CCC3)cc(Cl)nc21.ClC1=CCc2nc(Cl)cc(Cl)c21.Clc1cc(Cl)c2cc[nH]c2n1. The van der Waals surface area contributed by atoms with Crippen molar-refractivity contribution in [1.82, 2.24) is 34.1 Å². The van der Waals surface area contributed by atoms with Crippen LogP contribution in [0.15, 0.2) is 55.0 Å². The third-order valence-electron chi connectivity index (χ3n) is 10.5. The number of hydrogen-bond donors (Lipinski definition) is 2. The molecule has 1 fully saturated rings. The summed E-state index contributed by atoms with van der Waals surface area (Å²) < 4.78 is 15.3. The number of H-pyrrole nitrogens is 1. The Kier molecular flexibility index (Phi) is 19.4. The summed E-state index contributed by atoms with van der Waals surface area (Å²) in [6, 6.07) is 11.3. The van der Waals surface area contributed by atoms with Crippen molar-refractivity contribution in [3.05, 3.63) is 112 Å². The molecule has 67 heavy (non-hydrogen) atoms. The van der Waals surface area contributed by atoms with E-state index in [4.69, 9.17) is 125 Å². The third kappa shape index (κ3) is 15.3. The maximum absolute atomic E-state index is 6.47. The molecule has 9 rings (SSSR count). The number of nitrogens with one attached hydrogen (secondary N) is 2. The molecule has 2 N–H and O–H groups in total. The average molecular weight is 1150 g/mol. The lowest BCUT2D eigenvalue weighted by molar-refractivity contribution is 0.0898. The zero-order chi connectivity index (χ0) is 48.8. The van der Waals surface area contributed by atoms with E-state index in [0.29, 0.717) is 87.7 Å². The van der Waals surface area contributed by atoms with Crippen LogP contribution in [0.4, 0.5) is 5.69 Å². The van der Waals surface area contributed by atoms with Gasteiger partial charge in [-0.3, -0.25) is 0 Å². The van der Waals surface area contributed by atoms with Gasteiger partial charge in [-0.25, -0.2) is 19.9 Å². The summed E-state index contributed by atoms with van der Waals surface area (Å²) in [7, 11) is -2.16. The standard InChI is InChI=1S/C17H25Cl2N3OSi.C13H17Cl3N2OSi.C8H4Cl3N.C7H4Cl2N2/c1-24(2,3)8-7-23-11-22-10-13(18)16-14(20-12-5-4-6-12)9-15(19)21-17(16)22;1-20(2,3)5-4-19-8-18-7-10(15)12-9(14)6-11(16)17-13(12)18;9-4-1-2-6-8(4)5(10)3-7(11)12-6;8-5-3-6(9)11-7-4(5)1-2-10-7/h9-10,12H,4-8,11H2,1-3H3,(H,20,21);6-7H,4-5,8H2,1-3H3;1,3H,2H2;1-3H,(H,10,11). The van der Waals surface area contributed by atoms with Crippen LogP contribution in [-0.4, -0.2) is 69.5 Å². The first-order valence-corrected chi connectivity index (χ1v) is 32.5. The Balaban J connectivity index is 0.000000155. The Morgan fingerprint density at radius 2 is 1.16 bits per heavy atom. The van der Waals surface area contributed by atoms with Gasteiger partial charge in [0.2, 0.25) is 0 Å². The van der Waals surface area contributed by atoms with E-state index in [-0.39, 0.29) is 0 Å². The van der Waals surface area contributed by atoms with Gasteiger partial charge >= 0.3 is 0 Å². The summed E-state index contributed by atoms with van der Waals surface area (Å²) in [4.78, 5) is 19.8. The minimum absolute atomic E-state index is 0.348. The maximum atomic E-state index is 6.47. The molecule has 0 spiro atoms. The van der Waals surface area contributed by atoms with E-state index in [0.717, 1.165) is 64.3 Å². The van der Waals surface area contributed by atoms with Crippen molar-refractivity contribution < 1.29 is 9.47 Å². The zero-order valence-corrected chi connectivity index (χ0v) is 47.2. The Bertz CT molecular complexity index is 2870. The first kappa shape index (κ1) is 54.3. The van der Waals surface area contributed by atoms with E-state index in [9.17, 15) is 0 Å². The topological polar surface area (TPSA) is 108 Å². The van der Waals surface area contributed by atoms with Crippen molar-refractivity contribution in [2.24, 2.45) is 0 Å². The predicted octanol–water partition coefficient (Wildman–Crippen LogP) is 17.3. The van der Waals surface area contributed by atoms with Crippen molar-refractivity contribution in [1.29, 1.82) is 0 Å². The summed E-state index contributed by atoms with van der Waals surface area (Å²) in [5.41, 5.74) is 4.81. The largest absolute Gasteiger partial charge is 0.382 e. The van der Waals surface area contributed by atoms with Crippen LogP contribution in [0.5, 0.6) is 0 Å².